The van der Waals surface area contributed by atoms with Crippen LogP contribution in [0.1, 0.15) is 12.5 Å². The fraction of sp³-hybridized carbons (Fsp3) is 0.650. The van der Waals surface area contributed by atoms with Gasteiger partial charge in [0.1, 0.15) is 5.75 Å². The van der Waals surface area contributed by atoms with Crippen molar-refractivity contribution in [2.75, 3.05) is 59.2 Å². The normalized spacial score (nSPS) is 24.0. The third kappa shape index (κ3) is 4.96. The molecule has 2 saturated heterocycles. The molecule has 1 amide bonds. The van der Waals surface area contributed by atoms with Gasteiger partial charge in [-0.3, -0.25) is 9.69 Å². The summed E-state index contributed by atoms with van der Waals surface area (Å²) in [5.74, 6) is 1.47. The monoisotopic (exact) mass is 362 g/mol. The molecule has 6 nitrogen and oxygen atoms in total. The maximum Gasteiger partial charge on any atom is 0.227 e. The highest BCUT2D eigenvalue weighted by atomic mass is 16.5. The van der Waals surface area contributed by atoms with Crippen molar-refractivity contribution >= 4 is 5.91 Å². The number of morpholine rings is 1. The molecule has 0 aliphatic carbocycles. The Morgan fingerprint density at radius 1 is 1.19 bits per heavy atom. The van der Waals surface area contributed by atoms with E-state index in [4.69, 9.17) is 9.47 Å². The molecule has 0 radical (unpaired) electrons. The van der Waals surface area contributed by atoms with E-state index < -0.39 is 0 Å². The lowest BCUT2D eigenvalue weighted by atomic mass is 9.96. The number of aliphatic hydroxyl groups excluding tert-OH is 1. The molecule has 0 bridgehead atoms. The molecule has 144 valence electrons. The first-order valence-electron chi connectivity index (χ1n) is 9.60. The number of rotatable bonds is 7. The highest BCUT2D eigenvalue weighted by molar-refractivity contribution is 5.79. The zero-order chi connectivity index (χ0) is 18.4. The SMILES string of the molecule is CCOc1ccc(CC(=O)N2C[C@@H](CN3CCOCC3)[C@@H](CO)C2)cc1. The summed E-state index contributed by atoms with van der Waals surface area (Å²) in [7, 11) is 0. The van der Waals surface area contributed by atoms with E-state index in [1.54, 1.807) is 0 Å². The molecular formula is C20H30N2O4. The van der Waals surface area contributed by atoms with Gasteiger partial charge in [0.2, 0.25) is 5.91 Å². The molecule has 6 heteroatoms. The first kappa shape index (κ1) is 19.1. The molecule has 0 unspecified atom stereocenters. The van der Waals surface area contributed by atoms with Gasteiger partial charge in [0.25, 0.3) is 0 Å². The Bertz CT molecular complexity index is 572. The molecule has 1 aromatic carbocycles. The molecule has 26 heavy (non-hydrogen) atoms. The van der Waals surface area contributed by atoms with Crippen LogP contribution in [0.4, 0.5) is 0 Å². The van der Waals surface area contributed by atoms with E-state index in [2.05, 4.69) is 4.90 Å². The molecule has 1 N–H and O–H groups in total. The van der Waals surface area contributed by atoms with E-state index in [1.807, 2.05) is 36.1 Å². The zero-order valence-corrected chi connectivity index (χ0v) is 15.6. The number of benzene rings is 1. The third-order valence-corrected chi connectivity index (χ3v) is 5.35. The van der Waals surface area contributed by atoms with E-state index in [-0.39, 0.29) is 18.4 Å². The van der Waals surface area contributed by atoms with E-state index in [9.17, 15) is 9.90 Å². The summed E-state index contributed by atoms with van der Waals surface area (Å²) in [6.07, 6.45) is 0.398. The summed E-state index contributed by atoms with van der Waals surface area (Å²) in [5.41, 5.74) is 0.996. The molecule has 1 aromatic rings. The number of nitrogens with zero attached hydrogens (tertiary/aromatic N) is 2. The van der Waals surface area contributed by atoms with Gasteiger partial charge in [-0.25, -0.2) is 0 Å². The summed E-state index contributed by atoms with van der Waals surface area (Å²) < 4.78 is 10.8. The topological polar surface area (TPSA) is 62.2 Å². The van der Waals surface area contributed by atoms with Crippen molar-refractivity contribution in [2.45, 2.75) is 13.3 Å². The van der Waals surface area contributed by atoms with E-state index in [0.29, 0.717) is 25.5 Å². The van der Waals surface area contributed by atoms with Crippen LogP contribution in [0.3, 0.4) is 0 Å². The first-order valence-corrected chi connectivity index (χ1v) is 9.60. The van der Waals surface area contributed by atoms with E-state index >= 15 is 0 Å². The number of carbonyl (C=O) groups is 1. The Balaban J connectivity index is 1.53. The zero-order valence-electron chi connectivity index (χ0n) is 15.6. The third-order valence-electron chi connectivity index (χ3n) is 5.35. The lowest BCUT2D eigenvalue weighted by molar-refractivity contribution is -0.129. The fourth-order valence-corrected chi connectivity index (χ4v) is 3.83. The number of amides is 1. The number of likely N-dealkylation sites (tertiary alicyclic amines) is 1. The second-order valence-electron chi connectivity index (χ2n) is 7.17. The van der Waals surface area contributed by atoms with Crippen LogP contribution in [0.25, 0.3) is 0 Å². The van der Waals surface area contributed by atoms with Crippen molar-refractivity contribution in [3.8, 4) is 5.75 Å². The smallest absolute Gasteiger partial charge is 0.227 e. The second-order valence-corrected chi connectivity index (χ2v) is 7.17. The Hall–Kier alpha value is -1.63. The van der Waals surface area contributed by atoms with Crippen LogP contribution >= 0.6 is 0 Å². The summed E-state index contributed by atoms with van der Waals surface area (Å²) >= 11 is 0. The Kier molecular flexibility index (Phi) is 6.88. The molecule has 2 aliphatic heterocycles. The van der Waals surface area contributed by atoms with Crippen molar-refractivity contribution < 1.29 is 19.4 Å². The standard InChI is InChI=1S/C20H30N2O4/c1-2-26-19-5-3-16(4-6-19)11-20(24)22-13-17(18(14-22)15-23)12-21-7-9-25-10-8-21/h3-6,17-18,23H,2,7-15H2,1H3/t17-,18-/m1/s1. The van der Waals surface area contributed by atoms with Crippen LogP contribution in [0.5, 0.6) is 5.75 Å². The average molecular weight is 362 g/mol. The largest absolute Gasteiger partial charge is 0.494 e. The highest BCUT2D eigenvalue weighted by Gasteiger charge is 2.35. The van der Waals surface area contributed by atoms with Crippen LogP contribution in [0, 0.1) is 11.8 Å². The van der Waals surface area contributed by atoms with Gasteiger partial charge >= 0.3 is 0 Å². The number of hydrogen-bond donors (Lipinski definition) is 1. The predicted octanol–water partition coefficient (Wildman–Crippen LogP) is 1.03. The van der Waals surface area contributed by atoms with Gasteiger partial charge < -0.3 is 19.5 Å². The highest BCUT2D eigenvalue weighted by Crippen LogP contribution is 2.25. The molecular weight excluding hydrogens is 332 g/mol. The van der Waals surface area contributed by atoms with E-state index in [0.717, 1.165) is 50.7 Å². The first-order chi connectivity index (χ1) is 12.7. The van der Waals surface area contributed by atoms with Crippen molar-refractivity contribution in [3.05, 3.63) is 29.8 Å². The minimum absolute atomic E-state index is 0.136. The maximum atomic E-state index is 12.7. The van der Waals surface area contributed by atoms with Crippen molar-refractivity contribution in [3.63, 3.8) is 0 Å². The van der Waals surface area contributed by atoms with Crippen LogP contribution in [-0.2, 0) is 16.0 Å². The maximum absolute atomic E-state index is 12.7. The number of ether oxygens (including phenoxy) is 2. The molecule has 2 heterocycles. The molecule has 0 spiro atoms. The Morgan fingerprint density at radius 2 is 1.88 bits per heavy atom. The van der Waals surface area contributed by atoms with Gasteiger partial charge in [-0.15, -0.1) is 0 Å². The number of aliphatic hydroxyl groups is 1. The lowest BCUT2D eigenvalue weighted by Gasteiger charge is -2.30. The Labute approximate surface area is 155 Å². The van der Waals surface area contributed by atoms with Crippen LogP contribution in [-0.4, -0.2) is 80.0 Å². The predicted molar refractivity (Wildman–Crippen MR) is 99.2 cm³/mol. The minimum Gasteiger partial charge on any atom is -0.494 e. The van der Waals surface area contributed by atoms with Gasteiger partial charge in [-0.05, 0) is 30.5 Å². The molecule has 2 aliphatic rings. The van der Waals surface area contributed by atoms with Gasteiger partial charge in [-0.1, -0.05) is 12.1 Å². The van der Waals surface area contributed by atoms with E-state index in [1.165, 1.54) is 0 Å². The number of hydrogen-bond acceptors (Lipinski definition) is 5. The minimum atomic E-state index is 0.136. The second kappa shape index (κ2) is 9.35. The fourth-order valence-electron chi connectivity index (χ4n) is 3.83. The average Bonchev–Trinajstić information content (AvgIpc) is 3.07. The summed E-state index contributed by atoms with van der Waals surface area (Å²) in [6, 6.07) is 7.73. The summed E-state index contributed by atoms with van der Waals surface area (Å²) in [4.78, 5) is 17.0. The molecule has 0 saturated carbocycles. The summed E-state index contributed by atoms with van der Waals surface area (Å²) in [5, 5.41) is 9.74. The van der Waals surface area contributed by atoms with Crippen molar-refractivity contribution in [1.82, 2.24) is 9.80 Å². The van der Waals surface area contributed by atoms with Gasteiger partial charge in [0, 0.05) is 45.2 Å². The molecule has 2 fully saturated rings. The van der Waals surface area contributed by atoms with Crippen molar-refractivity contribution in [2.24, 2.45) is 11.8 Å². The quantitative estimate of drug-likeness (QED) is 0.785. The van der Waals surface area contributed by atoms with Crippen LogP contribution < -0.4 is 4.74 Å². The Morgan fingerprint density at radius 3 is 2.54 bits per heavy atom. The van der Waals surface area contributed by atoms with Gasteiger partial charge in [-0.2, -0.15) is 0 Å². The molecule has 2 atom stereocenters. The summed E-state index contributed by atoms with van der Waals surface area (Å²) in [6.45, 7) is 8.48. The number of carbonyl (C=O) groups excluding carboxylic acids is 1. The molecule has 0 aromatic heterocycles. The van der Waals surface area contributed by atoms with Crippen LogP contribution in [0.2, 0.25) is 0 Å². The van der Waals surface area contributed by atoms with Gasteiger partial charge in [0.15, 0.2) is 0 Å². The van der Waals surface area contributed by atoms with Crippen molar-refractivity contribution in [1.29, 1.82) is 0 Å². The lowest BCUT2D eigenvalue weighted by Crippen LogP contribution is -2.41. The van der Waals surface area contributed by atoms with Crippen LogP contribution in [0.15, 0.2) is 24.3 Å². The van der Waals surface area contributed by atoms with Gasteiger partial charge in [0.05, 0.1) is 26.2 Å². The molecule has 3 rings (SSSR count).